The fourth-order valence-corrected chi connectivity index (χ4v) is 2.18. The highest BCUT2D eigenvalue weighted by Crippen LogP contribution is 2.35. The van der Waals surface area contributed by atoms with E-state index in [9.17, 15) is 0 Å². The maximum Gasteiger partial charge on any atom is 0.0777 e. The van der Waals surface area contributed by atoms with Gasteiger partial charge in [0.15, 0.2) is 0 Å². The number of ether oxygens (including phenoxy) is 1. The summed E-state index contributed by atoms with van der Waals surface area (Å²) in [5.41, 5.74) is -0.0275. The molecule has 1 saturated carbocycles. The third kappa shape index (κ3) is 2.71. The molecule has 0 amide bonds. The fraction of sp³-hybridized carbons (Fsp3) is 1.00. The molecular weight excluding hydrogens is 174 g/mol. The Balaban J connectivity index is 2.50. The molecule has 2 nitrogen and oxygen atoms in total. The van der Waals surface area contributed by atoms with Crippen molar-refractivity contribution in [2.45, 2.75) is 58.1 Å². The van der Waals surface area contributed by atoms with Gasteiger partial charge >= 0.3 is 0 Å². The van der Waals surface area contributed by atoms with E-state index < -0.39 is 0 Å². The summed E-state index contributed by atoms with van der Waals surface area (Å²) in [6, 6.07) is 0.529. The summed E-state index contributed by atoms with van der Waals surface area (Å²) in [5.74, 6) is 0.830. The van der Waals surface area contributed by atoms with Gasteiger partial charge in [-0.1, -0.05) is 13.3 Å². The van der Waals surface area contributed by atoms with Gasteiger partial charge in [-0.3, -0.25) is 0 Å². The van der Waals surface area contributed by atoms with Crippen LogP contribution in [0, 0.1) is 5.92 Å². The Hall–Kier alpha value is -0.0800. The number of rotatable bonds is 6. The van der Waals surface area contributed by atoms with Crippen molar-refractivity contribution in [3.63, 3.8) is 0 Å². The predicted octanol–water partition coefficient (Wildman–Crippen LogP) is 2.58. The summed E-state index contributed by atoms with van der Waals surface area (Å²) in [7, 11) is 1.82. The van der Waals surface area contributed by atoms with E-state index in [1.54, 1.807) is 0 Å². The fourth-order valence-electron chi connectivity index (χ4n) is 2.18. The molecule has 0 aromatic heterocycles. The molecule has 1 aliphatic rings. The molecule has 0 saturated heterocycles. The molecule has 1 N–H and O–H groups in total. The highest BCUT2D eigenvalue weighted by Gasteiger charge is 2.37. The second-order valence-electron chi connectivity index (χ2n) is 4.93. The summed E-state index contributed by atoms with van der Waals surface area (Å²) in [6.07, 6.45) is 5.33. The Morgan fingerprint density at radius 3 is 2.43 bits per heavy atom. The first kappa shape index (κ1) is 12.0. The molecule has 2 heteroatoms. The Bertz CT molecular complexity index is 164. The van der Waals surface area contributed by atoms with E-state index >= 15 is 0 Å². The minimum absolute atomic E-state index is 0.0275. The molecular formula is C12H25NO. The molecule has 0 aliphatic heterocycles. The first-order valence-electron chi connectivity index (χ1n) is 5.90. The van der Waals surface area contributed by atoms with Crippen molar-refractivity contribution in [3.05, 3.63) is 0 Å². The summed E-state index contributed by atoms with van der Waals surface area (Å²) in [4.78, 5) is 0. The van der Waals surface area contributed by atoms with Crippen molar-refractivity contribution in [2.24, 2.45) is 5.92 Å². The molecule has 1 unspecified atom stereocenters. The zero-order valence-corrected chi connectivity index (χ0v) is 10.1. The summed E-state index contributed by atoms with van der Waals surface area (Å²) in [5, 5.41) is 3.64. The van der Waals surface area contributed by atoms with Gasteiger partial charge in [-0.05, 0) is 45.6 Å². The van der Waals surface area contributed by atoms with Crippen molar-refractivity contribution in [1.29, 1.82) is 0 Å². The van der Waals surface area contributed by atoms with Gasteiger partial charge in [0.25, 0.3) is 0 Å². The lowest BCUT2D eigenvalue weighted by Crippen LogP contribution is -2.54. The van der Waals surface area contributed by atoms with Crippen LogP contribution in [0.15, 0.2) is 0 Å². The average molecular weight is 199 g/mol. The average Bonchev–Trinajstić information content (AvgIpc) is 2.08. The van der Waals surface area contributed by atoms with Crippen LogP contribution in [0.4, 0.5) is 0 Å². The van der Waals surface area contributed by atoms with Crippen LogP contribution in [0.2, 0.25) is 0 Å². The zero-order valence-electron chi connectivity index (χ0n) is 10.1. The van der Waals surface area contributed by atoms with Crippen LogP contribution in [0.3, 0.4) is 0 Å². The SMILES string of the molecule is CCCNC(C1CCC1)C(C)(C)OC. The zero-order chi connectivity index (χ0) is 10.6. The molecule has 1 rings (SSSR count). The smallest absolute Gasteiger partial charge is 0.0777 e. The maximum absolute atomic E-state index is 5.59. The maximum atomic E-state index is 5.59. The van der Waals surface area contributed by atoms with Crippen LogP contribution in [-0.2, 0) is 4.74 Å². The van der Waals surface area contributed by atoms with E-state index in [1.807, 2.05) is 7.11 Å². The van der Waals surface area contributed by atoms with Crippen molar-refractivity contribution in [1.82, 2.24) is 5.32 Å². The molecule has 0 radical (unpaired) electrons. The van der Waals surface area contributed by atoms with Crippen LogP contribution < -0.4 is 5.32 Å². The van der Waals surface area contributed by atoms with Crippen LogP contribution in [0.5, 0.6) is 0 Å². The molecule has 14 heavy (non-hydrogen) atoms. The predicted molar refractivity (Wildman–Crippen MR) is 60.5 cm³/mol. The lowest BCUT2D eigenvalue weighted by molar-refractivity contribution is -0.0396. The monoisotopic (exact) mass is 199 g/mol. The van der Waals surface area contributed by atoms with Crippen LogP contribution in [-0.4, -0.2) is 25.3 Å². The molecule has 0 spiro atoms. The van der Waals surface area contributed by atoms with Gasteiger partial charge in [-0.2, -0.15) is 0 Å². The first-order chi connectivity index (χ1) is 6.61. The van der Waals surface area contributed by atoms with Gasteiger partial charge in [0.05, 0.1) is 5.60 Å². The van der Waals surface area contributed by atoms with Crippen LogP contribution >= 0.6 is 0 Å². The van der Waals surface area contributed by atoms with Gasteiger partial charge in [0, 0.05) is 13.2 Å². The number of nitrogens with one attached hydrogen (secondary N) is 1. The topological polar surface area (TPSA) is 21.3 Å². The van der Waals surface area contributed by atoms with Crippen LogP contribution in [0.25, 0.3) is 0 Å². The molecule has 0 aromatic carbocycles. The number of hydrogen-bond donors (Lipinski definition) is 1. The minimum Gasteiger partial charge on any atom is -0.377 e. The summed E-state index contributed by atoms with van der Waals surface area (Å²) >= 11 is 0. The van der Waals surface area contributed by atoms with E-state index in [-0.39, 0.29) is 5.60 Å². The van der Waals surface area contributed by atoms with E-state index in [0.717, 1.165) is 12.5 Å². The summed E-state index contributed by atoms with van der Waals surface area (Å²) < 4.78 is 5.59. The van der Waals surface area contributed by atoms with E-state index in [1.165, 1.54) is 25.7 Å². The second-order valence-corrected chi connectivity index (χ2v) is 4.93. The van der Waals surface area contributed by atoms with Crippen molar-refractivity contribution in [2.75, 3.05) is 13.7 Å². The lowest BCUT2D eigenvalue weighted by atomic mass is 9.74. The van der Waals surface area contributed by atoms with Gasteiger partial charge in [0.1, 0.15) is 0 Å². The normalized spacial score (nSPS) is 20.6. The third-order valence-electron chi connectivity index (χ3n) is 3.51. The highest BCUT2D eigenvalue weighted by atomic mass is 16.5. The van der Waals surface area contributed by atoms with Gasteiger partial charge in [-0.15, -0.1) is 0 Å². The molecule has 0 bridgehead atoms. The Labute approximate surface area is 88.4 Å². The summed E-state index contributed by atoms with van der Waals surface area (Å²) in [6.45, 7) is 7.70. The Morgan fingerprint density at radius 1 is 1.43 bits per heavy atom. The quantitative estimate of drug-likeness (QED) is 0.710. The first-order valence-corrected chi connectivity index (χ1v) is 5.90. The van der Waals surface area contributed by atoms with E-state index in [4.69, 9.17) is 4.74 Å². The largest absolute Gasteiger partial charge is 0.377 e. The minimum atomic E-state index is -0.0275. The van der Waals surface area contributed by atoms with Crippen LogP contribution in [0.1, 0.15) is 46.5 Å². The lowest BCUT2D eigenvalue weighted by Gasteiger charge is -2.43. The molecule has 1 atom stereocenters. The standard InChI is InChI=1S/C12H25NO/c1-5-9-13-11(10-7-6-8-10)12(2,3)14-4/h10-11,13H,5-9H2,1-4H3. The molecule has 84 valence electrons. The van der Waals surface area contributed by atoms with E-state index in [2.05, 4.69) is 26.1 Å². The Morgan fingerprint density at radius 2 is 2.07 bits per heavy atom. The number of hydrogen-bond acceptors (Lipinski definition) is 2. The third-order valence-corrected chi connectivity index (χ3v) is 3.51. The van der Waals surface area contributed by atoms with Crippen molar-refractivity contribution in [3.8, 4) is 0 Å². The van der Waals surface area contributed by atoms with Crippen molar-refractivity contribution < 1.29 is 4.74 Å². The molecule has 1 fully saturated rings. The molecule has 0 aromatic rings. The van der Waals surface area contributed by atoms with Gasteiger partial charge < -0.3 is 10.1 Å². The second kappa shape index (κ2) is 5.13. The molecule has 0 heterocycles. The highest BCUT2D eigenvalue weighted by molar-refractivity contribution is 4.93. The number of methoxy groups -OCH3 is 1. The van der Waals surface area contributed by atoms with Gasteiger partial charge in [0.2, 0.25) is 0 Å². The van der Waals surface area contributed by atoms with E-state index in [0.29, 0.717) is 6.04 Å². The molecule has 1 aliphatic carbocycles. The van der Waals surface area contributed by atoms with Gasteiger partial charge in [-0.25, -0.2) is 0 Å². The van der Waals surface area contributed by atoms with Crippen molar-refractivity contribution >= 4 is 0 Å². The Kier molecular flexibility index (Phi) is 4.39.